The number of nitrogens with one attached hydrogen (secondary N) is 1. The Labute approximate surface area is 163 Å². The molecular weight excluding hydrogens is 352 g/mol. The van der Waals surface area contributed by atoms with Gasteiger partial charge < -0.3 is 15.8 Å². The molecule has 0 heterocycles. The van der Waals surface area contributed by atoms with Crippen LogP contribution in [0.3, 0.4) is 0 Å². The zero-order chi connectivity index (χ0) is 19.8. The number of anilines is 1. The molecule has 140 valence electrons. The third kappa shape index (κ3) is 5.57. The van der Waals surface area contributed by atoms with Crippen molar-refractivity contribution in [3.8, 4) is 5.75 Å². The van der Waals surface area contributed by atoms with Crippen LogP contribution in [0.2, 0.25) is 0 Å². The predicted octanol–water partition coefficient (Wildman–Crippen LogP) is 4.02. The standard InChI is InChI=1S/C23H20N2O3/c24-23(27)19-10-12-20(13-11-19)25-22(26)14-9-17-7-4-8-21(15-17)28-16-18-5-2-1-3-6-18/h1-15H,16H2,(H2,24,27)(H,25,26)/b14-9+. The Kier molecular flexibility index (Phi) is 6.21. The van der Waals surface area contributed by atoms with E-state index in [9.17, 15) is 9.59 Å². The summed E-state index contributed by atoms with van der Waals surface area (Å²) < 4.78 is 5.79. The maximum absolute atomic E-state index is 12.1. The van der Waals surface area contributed by atoms with Crippen molar-refractivity contribution in [3.63, 3.8) is 0 Å². The normalized spacial score (nSPS) is 10.6. The van der Waals surface area contributed by atoms with Crippen LogP contribution in [0.5, 0.6) is 5.75 Å². The van der Waals surface area contributed by atoms with Gasteiger partial charge in [0.2, 0.25) is 11.8 Å². The van der Waals surface area contributed by atoms with Crippen molar-refractivity contribution in [2.24, 2.45) is 5.73 Å². The van der Waals surface area contributed by atoms with Gasteiger partial charge in [0.05, 0.1) is 0 Å². The molecule has 3 rings (SSSR count). The highest BCUT2D eigenvalue weighted by Crippen LogP contribution is 2.16. The minimum absolute atomic E-state index is 0.276. The lowest BCUT2D eigenvalue weighted by Crippen LogP contribution is -2.11. The summed E-state index contributed by atoms with van der Waals surface area (Å²) in [6, 6.07) is 23.8. The van der Waals surface area contributed by atoms with Crippen molar-refractivity contribution in [1.29, 1.82) is 0 Å². The molecule has 0 aromatic heterocycles. The van der Waals surface area contributed by atoms with Gasteiger partial charge >= 0.3 is 0 Å². The minimum atomic E-state index is -0.507. The van der Waals surface area contributed by atoms with Crippen molar-refractivity contribution in [3.05, 3.63) is 102 Å². The van der Waals surface area contributed by atoms with E-state index in [4.69, 9.17) is 10.5 Å². The lowest BCUT2D eigenvalue weighted by atomic mass is 10.2. The van der Waals surface area contributed by atoms with Gasteiger partial charge in [-0.05, 0) is 53.6 Å². The first kappa shape index (κ1) is 18.9. The van der Waals surface area contributed by atoms with Gasteiger partial charge in [-0.3, -0.25) is 9.59 Å². The smallest absolute Gasteiger partial charge is 0.248 e. The zero-order valence-corrected chi connectivity index (χ0v) is 15.2. The van der Waals surface area contributed by atoms with Crippen LogP contribution in [0.25, 0.3) is 6.08 Å². The summed E-state index contributed by atoms with van der Waals surface area (Å²) in [7, 11) is 0. The van der Waals surface area contributed by atoms with Gasteiger partial charge in [0, 0.05) is 17.3 Å². The molecule has 5 nitrogen and oxygen atoms in total. The van der Waals surface area contributed by atoms with Crippen LogP contribution in [0, 0.1) is 0 Å². The number of carbonyl (C=O) groups excluding carboxylic acids is 2. The Bertz CT molecular complexity index is 980. The Hall–Kier alpha value is -3.86. The number of ether oxygens (including phenoxy) is 1. The van der Waals surface area contributed by atoms with Crippen LogP contribution in [-0.4, -0.2) is 11.8 Å². The first-order valence-electron chi connectivity index (χ1n) is 8.76. The van der Waals surface area contributed by atoms with Gasteiger partial charge in [-0.2, -0.15) is 0 Å². The highest BCUT2D eigenvalue weighted by molar-refractivity contribution is 6.02. The van der Waals surface area contributed by atoms with E-state index in [0.29, 0.717) is 17.9 Å². The monoisotopic (exact) mass is 372 g/mol. The summed E-state index contributed by atoms with van der Waals surface area (Å²) in [6.45, 7) is 0.482. The quantitative estimate of drug-likeness (QED) is 0.615. The number of primary amides is 1. The van der Waals surface area contributed by atoms with Crippen LogP contribution >= 0.6 is 0 Å². The molecular formula is C23H20N2O3. The van der Waals surface area contributed by atoms with Crippen molar-refractivity contribution in [1.82, 2.24) is 0 Å². The van der Waals surface area contributed by atoms with Gasteiger partial charge in [-0.1, -0.05) is 42.5 Å². The number of hydrogen-bond acceptors (Lipinski definition) is 3. The summed E-state index contributed by atoms with van der Waals surface area (Å²) in [4.78, 5) is 23.1. The van der Waals surface area contributed by atoms with E-state index in [1.54, 1.807) is 30.3 Å². The molecule has 3 N–H and O–H groups in total. The first-order valence-corrected chi connectivity index (χ1v) is 8.76. The molecule has 0 fully saturated rings. The lowest BCUT2D eigenvalue weighted by molar-refractivity contribution is -0.111. The Morgan fingerprint density at radius 3 is 2.39 bits per heavy atom. The largest absolute Gasteiger partial charge is 0.489 e. The lowest BCUT2D eigenvalue weighted by Gasteiger charge is -2.07. The number of nitrogens with two attached hydrogens (primary N) is 1. The fraction of sp³-hybridized carbons (Fsp3) is 0.0435. The van der Waals surface area contributed by atoms with Crippen LogP contribution < -0.4 is 15.8 Å². The molecule has 2 amide bonds. The average molecular weight is 372 g/mol. The molecule has 0 bridgehead atoms. The SMILES string of the molecule is NC(=O)c1ccc(NC(=O)/C=C/c2cccc(OCc3ccccc3)c2)cc1. The van der Waals surface area contributed by atoms with E-state index >= 15 is 0 Å². The van der Waals surface area contributed by atoms with Gasteiger partial charge in [0.1, 0.15) is 12.4 Å². The molecule has 0 spiro atoms. The second-order valence-corrected chi connectivity index (χ2v) is 6.11. The average Bonchev–Trinajstić information content (AvgIpc) is 2.72. The van der Waals surface area contributed by atoms with Crippen LogP contribution in [-0.2, 0) is 11.4 Å². The molecule has 3 aromatic carbocycles. The summed E-state index contributed by atoms with van der Waals surface area (Å²) in [6.07, 6.45) is 3.15. The number of hydrogen-bond donors (Lipinski definition) is 2. The van der Waals surface area contributed by atoms with Gasteiger partial charge in [-0.15, -0.1) is 0 Å². The topological polar surface area (TPSA) is 81.4 Å². The fourth-order valence-electron chi connectivity index (χ4n) is 2.52. The van der Waals surface area contributed by atoms with Crippen LogP contribution in [0.15, 0.2) is 84.9 Å². The highest BCUT2D eigenvalue weighted by Gasteiger charge is 2.02. The van der Waals surface area contributed by atoms with Gasteiger partial charge in [0.25, 0.3) is 0 Å². The molecule has 0 aliphatic carbocycles. The molecule has 0 aliphatic heterocycles. The van der Waals surface area contributed by atoms with Crippen molar-refractivity contribution >= 4 is 23.6 Å². The molecule has 28 heavy (non-hydrogen) atoms. The van der Waals surface area contributed by atoms with Crippen molar-refractivity contribution in [2.75, 3.05) is 5.32 Å². The third-order valence-corrected chi connectivity index (χ3v) is 3.97. The predicted molar refractivity (Wildman–Crippen MR) is 110 cm³/mol. The summed E-state index contributed by atoms with van der Waals surface area (Å²) in [5.74, 6) is -0.0528. The summed E-state index contributed by atoms with van der Waals surface area (Å²) >= 11 is 0. The maximum Gasteiger partial charge on any atom is 0.248 e. The van der Waals surface area contributed by atoms with Gasteiger partial charge in [0.15, 0.2) is 0 Å². The van der Waals surface area contributed by atoms with E-state index in [-0.39, 0.29) is 5.91 Å². The minimum Gasteiger partial charge on any atom is -0.489 e. The molecule has 0 radical (unpaired) electrons. The van der Waals surface area contributed by atoms with E-state index in [1.165, 1.54) is 6.08 Å². The number of benzene rings is 3. The molecule has 0 aliphatic rings. The van der Waals surface area contributed by atoms with Crippen LogP contribution in [0.4, 0.5) is 5.69 Å². The van der Waals surface area contributed by atoms with Gasteiger partial charge in [-0.25, -0.2) is 0 Å². The van der Waals surface area contributed by atoms with Crippen molar-refractivity contribution < 1.29 is 14.3 Å². The number of carbonyl (C=O) groups is 2. The Morgan fingerprint density at radius 1 is 0.929 bits per heavy atom. The Morgan fingerprint density at radius 2 is 1.68 bits per heavy atom. The zero-order valence-electron chi connectivity index (χ0n) is 15.2. The molecule has 3 aromatic rings. The number of rotatable bonds is 7. The van der Waals surface area contributed by atoms with E-state index in [1.807, 2.05) is 54.6 Å². The molecule has 0 saturated carbocycles. The summed E-state index contributed by atoms with van der Waals surface area (Å²) in [5, 5.41) is 2.73. The second-order valence-electron chi connectivity index (χ2n) is 6.11. The fourth-order valence-corrected chi connectivity index (χ4v) is 2.52. The molecule has 0 unspecified atom stereocenters. The maximum atomic E-state index is 12.1. The van der Waals surface area contributed by atoms with E-state index in [0.717, 1.165) is 16.9 Å². The van der Waals surface area contributed by atoms with E-state index in [2.05, 4.69) is 5.32 Å². The molecule has 0 saturated heterocycles. The highest BCUT2D eigenvalue weighted by atomic mass is 16.5. The van der Waals surface area contributed by atoms with Crippen molar-refractivity contribution in [2.45, 2.75) is 6.61 Å². The first-order chi connectivity index (χ1) is 13.6. The van der Waals surface area contributed by atoms with E-state index < -0.39 is 5.91 Å². The second kappa shape index (κ2) is 9.19. The molecule has 0 atom stereocenters. The third-order valence-electron chi connectivity index (χ3n) is 3.97. The Balaban J connectivity index is 1.57. The summed E-state index contributed by atoms with van der Waals surface area (Å²) in [5.41, 5.74) is 8.11. The van der Waals surface area contributed by atoms with Crippen LogP contribution in [0.1, 0.15) is 21.5 Å². The molecule has 5 heteroatoms. The number of amides is 2.